The maximum atomic E-state index is 4.18. The Labute approximate surface area is 94.8 Å². The van der Waals surface area contributed by atoms with Crippen molar-refractivity contribution in [2.24, 2.45) is 0 Å². The second-order valence-electron chi connectivity index (χ2n) is 3.41. The maximum absolute atomic E-state index is 4.18. The largest absolute Gasteiger partial charge is 0.370 e. The number of aromatic nitrogens is 3. The van der Waals surface area contributed by atoms with Crippen molar-refractivity contribution < 1.29 is 0 Å². The number of nitrogens with zero attached hydrogens (tertiary/aromatic N) is 3. The van der Waals surface area contributed by atoms with Gasteiger partial charge in [0.2, 0.25) is 0 Å². The lowest BCUT2D eigenvalue weighted by molar-refractivity contribution is 0.798. The average Bonchev–Trinajstić information content (AvgIpc) is 2.37. The van der Waals surface area contributed by atoms with Gasteiger partial charge in [0.1, 0.15) is 11.6 Å². The van der Waals surface area contributed by atoms with Crippen LogP contribution in [0.2, 0.25) is 0 Å². The van der Waals surface area contributed by atoms with Gasteiger partial charge in [-0.05, 0) is 24.6 Å². The molecule has 0 radical (unpaired) electrons. The molecule has 2 aromatic rings. The van der Waals surface area contributed by atoms with E-state index in [0.29, 0.717) is 0 Å². The van der Waals surface area contributed by atoms with E-state index in [9.17, 15) is 0 Å². The molecule has 0 aliphatic heterocycles. The summed E-state index contributed by atoms with van der Waals surface area (Å²) in [7, 11) is 0. The predicted molar refractivity (Wildman–Crippen MR) is 63.1 cm³/mol. The third kappa shape index (κ3) is 3.31. The highest BCUT2D eigenvalue weighted by Gasteiger charge is 1.95. The minimum Gasteiger partial charge on any atom is -0.370 e. The van der Waals surface area contributed by atoms with Gasteiger partial charge in [-0.15, -0.1) is 0 Å². The first-order valence-corrected chi connectivity index (χ1v) is 5.36. The average molecular weight is 214 g/mol. The van der Waals surface area contributed by atoms with Crippen LogP contribution in [-0.4, -0.2) is 21.5 Å². The van der Waals surface area contributed by atoms with Crippen LogP contribution >= 0.6 is 0 Å². The lowest BCUT2D eigenvalue weighted by Gasteiger charge is -2.03. The Kier molecular flexibility index (Phi) is 3.82. The minimum absolute atomic E-state index is 0.884. The molecule has 2 heterocycles. The number of aryl methyl sites for hydroxylation is 1. The summed E-state index contributed by atoms with van der Waals surface area (Å²) in [4.78, 5) is 12.5. The fraction of sp³-hybridized carbons (Fsp3) is 0.250. The number of pyridine rings is 1. The van der Waals surface area contributed by atoms with Crippen molar-refractivity contribution in [3.63, 3.8) is 0 Å². The van der Waals surface area contributed by atoms with E-state index in [1.807, 2.05) is 24.3 Å². The van der Waals surface area contributed by atoms with Crippen molar-refractivity contribution in [2.45, 2.75) is 12.8 Å². The highest BCUT2D eigenvalue weighted by atomic mass is 15.0. The summed E-state index contributed by atoms with van der Waals surface area (Å²) < 4.78 is 0. The number of anilines is 1. The van der Waals surface area contributed by atoms with Crippen LogP contribution in [0.15, 0.2) is 42.9 Å². The van der Waals surface area contributed by atoms with Crippen molar-refractivity contribution in [1.82, 2.24) is 15.0 Å². The van der Waals surface area contributed by atoms with Crippen molar-refractivity contribution in [3.05, 3.63) is 48.7 Å². The zero-order valence-corrected chi connectivity index (χ0v) is 9.00. The summed E-state index contributed by atoms with van der Waals surface area (Å²) in [6, 6.07) is 7.66. The Morgan fingerprint density at radius 3 is 2.50 bits per heavy atom. The molecule has 0 aliphatic carbocycles. The highest BCUT2D eigenvalue weighted by molar-refractivity contribution is 5.32. The topological polar surface area (TPSA) is 50.7 Å². The molecule has 2 aromatic heterocycles. The number of hydrogen-bond donors (Lipinski definition) is 1. The van der Waals surface area contributed by atoms with Gasteiger partial charge in [-0.25, -0.2) is 15.0 Å². The second kappa shape index (κ2) is 5.80. The van der Waals surface area contributed by atoms with E-state index in [2.05, 4.69) is 20.3 Å². The third-order valence-corrected chi connectivity index (χ3v) is 2.17. The van der Waals surface area contributed by atoms with E-state index < -0.39 is 0 Å². The van der Waals surface area contributed by atoms with Crippen LogP contribution in [0.3, 0.4) is 0 Å². The van der Waals surface area contributed by atoms with Crippen LogP contribution in [0.25, 0.3) is 0 Å². The summed E-state index contributed by atoms with van der Waals surface area (Å²) >= 11 is 0. The first kappa shape index (κ1) is 10.5. The minimum atomic E-state index is 0.884. The summed E-state index contributed by atoms with van der Waals surface area (Å²) in [5.74, 6) is 1.81. The van der Waals surface area contributed by atoms with Gasteiger partial charge in [-0.2, -0.15) is 0 Å². The standard InChI is InChI=1S/C12H14N4/c1-2-7-13-11(5-1)14-8-3-6-12-15-9-4-10-16-12/h1-2,4-5,7,9-10H,3,6,8H2,(H,13,14). The van der Waals surface area contributed by atoms with E-state index in [1.165, 1.54) is 0 Å². The van der Waals surface area contributed by atoms with Gasteiger partial charge in [-0.3, -0.25) is 0 Å². The Morgan fingerprint density at radius 1 is 0.938 bits per heavy atom. The predicted octanol–water partition coefficient (Wildman–Crippen LogP) is 1.92. The van der Waals surface area contributed by atoms with Crippen molar-refractivity contribution in [3.8, 4) is 0 Å². The molecule has 0 aliphatic rings. The van der Waals surface area contributed by atoms with Crippen LogP contribution in [0.5, 0.6) is 0 Å². The molecule has 0 saturated carbocycles. The van der Waals surface area contributed by atoms with Gasteiger partial charge in [0.15, 0.2) is 0 Å². The van der Waals surface area contributed by atoms with Crippen LogP contribution in [0.1, 0.15) is 12.2 Å². The molecule has 0 bridgehead atoms. The molecule has 0 aromatic carbocycles. The molecule has 2 rings (SSSR count). The van der Waals surface area contributed by atoms with E-state index in [0.717, 1.165) is 31.0 Å². The first-order valence-electron chi connectivity index (χ1n) is 5.36. The van der Waals surface area contributed by atoms with Crippen molar-refractivity contribution >= 4 is 5.82 Å². The summed E-state index contributed by atoms with van der Waals surface area (Å²) in [5, 5.41) is 3.25. The molecule has 1 N–H and O–H groups in total. The summed E-state index contributed by atoms with van der Waals surface area (Å²) in [6.07, 6.45) is 7.22. The maximum Gasteiger partial charge on any atom is 0.128 e. The lowest BCUT2D eigenvalue weighted by atomic mass is 10.3. The molecule has 0 fully saturated rings. The van der Waals surface area contributed by atoms with Crippen LogP contribution in [0.4, 0.5) is 5.82 Å². The molecule has 0 spiro atoms. The summed E-state index contributed by atoms with van der Waals surface area (Å²) in [6.45, 7) is 0.884. The SMILES string of the molecule is c1ccc(NCCCc2ncccn2)nc1. The van der Waals surface area contributed by atoms with Gasteiger partial charge < -0.3 is 5.32 Å². The van der Waals surface area contributed by atoms with Crippen molar-refractivity contribution in [1.29, 1.82) is 0 Å². The molecule has 0 unspecified atom stereocenters. The zero-order chi connectivity index (χ0) is 11.1. The smallest absolute Gasteiger partial charge is 0.128 e. The Hall–Kier alpha value is -1.97. The van der Waals surface area contributed by atoms with Crippen LogP contribution in [0, 0.1) is 0 Å². The van der Waals surface area contributed by atoms with Crippen LogP contribution < -0.4 is 5.32 Å². The number of hydrogen-bond acceptors (Lipinski definition) is 4. The highest BCUT2D eigenvalue weighted by Crippen LogP contribution is 2.00. The van der Waals surface area contributed by atoms with Crippen molar-refractivity contribution in [2.75, 3.05) is 11.9 Å². The Balaban J connectivity index is 1.70. The van der Waals surface area contributed by atoms with E-state index in [-0.39, 0.29) is 0 Å². The normalized spacial score (nSPS) is 10.0. The van der Waals surface area contributed by atoms with E-state index in [1.54, 1.807) is 18.6 Å². The fourth-order valence-electron chi connectivity index (χ4n) is 1.39. The fourth-order valence-corrected chi connectivity index (χ4v) is 1.39. The molecule has 0 atom stereocenters. The summed E-state index contributed by atoms with van der Waals surface area (Å²) in [5.41, 5.74) is 0. The zero-order valence-electron chi connectivity index (χ0n) is 9.00. The van der Waals surface area contributed by atoms with Crippen LogP contribution in [-0.2, 0) is 6.42 Å². The second-order valence-corrected chi connectivity index (χ2v) is 3.41. The molecule has 82 valence electrons. The Morgan fingerprint density at radius 2 is 1.75 bits per heavy atom. The molecule has 0 amide bonds. The molecular weight excluding hydrogens is 200 g/mol. The van der Waals surface area contributed by atoms with Gasteiger partial charge in [0.05, 0.1) is 0 Å². The van der Waals surface area contributed by atoms with Gasteiger partial charge in [-0.1, -0.05) is 6.07 Å². The number of rotatable bonds is 5. The van der Waals surface area contributed by atoms with Gasteiger partial charge in [0.25, 0.3) is 0 Å². The van der Waals surface area contributed by atoms with E-state index in [4.69, 9.17) is 0 Å². The van der Waals surface area contributed by atoms with E-state index >= 15 is 0 Å². The molecule has 16 heavy (non-hydrogen) atoms. The monoisotopic (exact) mass is 214 g/mol. The number of nitrogens with one attached hydrogen (secondary N) is 1. The van der Waals surface area contributed by atoms with Gasteiger partial charge >= 0.3 is 0 Å². The lowest BCUT2D eigenvalue weighted by Crippen LogP contribution is -2.05. The molecular formula is C12H14N4. The Bertz CT molecular complexity index is 360. The molecule has 4 nitrogen and oxygen atoms in total. The third-order valence-electron chi connectivity index (χ3n) is 2.17. The quantitative estimate of drug-likeness (QED) is 0.772. The molecule has 0 saturated heterocycles. The first-order chi connectivity index (χ1) is 7.95. The molecule has 4 heteroatoms. The van der Waals surface area contributed by atoms with Gasteiger partial charge in [0, 0.05) is 31.6 Å².